The first-order chi connectivity index (χ1) is 5.88. The maximum Gasteiger partial charge on any atom is 0.0613 e. The van der Waals surface area contributed by atoms with E-state index in [-0.39, 0.29) is 6.61 Å². The Morgan fingerprint density at radius 2 is 2.42 bits per heavy atom. The minimum Gasteiger partial charge on any atom is -0.392 e. The van der Waals surface area contributed by atoms with Crippen molar-refractivity contribution in [2.24, 2.45) is 0 Å². The van der Waals surface area contributed by atoms with Crippen molar-refractivity contribution in [3.63, 3.8) is 0 Å². The third-order valence-electron chi connectivity index (χ3n) is 1.89. The van der Waals surface area contributed by atoms with Crippen LogP contribution in [0.3, 0.4) is 0 Å². The van der Waals surface area contributed by atoms with Gasteiger partial charge in [0.2, 0.25) is 0 Å². The third-order valence-corrected chi connectivity index (χ3v) is 1.89. The normalized spacial score (nSPS) is 20.2. The molecule has 0 unspecified atom stereocenters. The van der Waals surface area contributed by atoms with E-state index in [2.05, 4.69) is 23.3 Å². The summed E-state index contributed by atoms with van der Waals surface area (Å²) in [7, 11) is 0. The van der Waals surface area contributed by atoms with Gasteiger partial charge in [-0.15, -0.1) is 0 Å². The van der Waals surface area contributed by atoms with E-state index in [0.29, 0.717) is 0 Å². The smallest absolute Gasteiger partial charge is 0.0613 e. The first kappa shape index (κ1) is 9.07. The van der Waals surface area contributed by atoms with Crippen LogP contribution < -0.4 is 0 Å². The second-order valence-corrected chi connectivity index (χ2v) is 2.68. The van der Waals surface area contributed by atoms with Gasteiger partial charge in [0.1, 0.15) is 0 Å². The highest BCUT2D eigenvalue weighted by atomic mass is 16.2. The fourth-order valence-corrected chi connectivity index (χ4v) is 1.24. The zero-order valence-electron chi connectivity index (χ0n) is 7.40. The Kier molecular flexibility index (Phi) is 3.61. The van der Waals surface area contributed by atoms with Gasteiger partial charge in [0.15, 0.2) is 0 Å². The molecule has 66 valence electrons. The average Bonchev–Trinajstić information content (AvgIpc) is 2.52. The Hall–Kier alpha value is -1.02. The molecule has 0 spiro atoms. The highest BCUT2D eigenvalue weighted by molar-refractivity contribution is 5.16. The lowest BCUT2D eigenvalue weighted by molar-refractivity contribution is 0.342. The molecule has 0 saturated carbocycles. The molecule has 1 aliphatic heterocycles. The van der Waals surface area contributed by atoms with E-state index >= 15 is 0 Å². The predicted octanol–water partition coefficient (Wildman–Crippen LogP) is 1.66. The summed E-state index contributed by atoms with van der Waals surface area (Å²) in [5.41, 5.74) is 1.33. The van der Waals surface area contributed by atoms with Crippen LogP contribution in [-0.2, 0) is 0 Å². The Bertz CT molecular complexity index is 216. The molecule has 0 aliphatic carbocycles. The van der Waals surface area contributed by atoms with Crippen molar-refractivity contribution in [3.05, 3.63) is 36.2 Å². The Labute approximate surface area is 73.5 Å². The summed E-state index contributed by atoms with van der Waals surface area (Å²) in [5, 5.41) is 8.53. The maximum atomic E-state index is 8.53. The number of allylic oxidation sites excluding steroid dienone is 2. The summed E-state index contributed by atoms with van der Waals surface area (Å²) in [4.78, 5) is 2.17. The van der Waals surface area contributed by atoms with Gasteiger partial charge < -0.3 is 10.0 Å². The van der Waals surface area contributed by atoms with E-state index in [9.17, 15) is 0 Å². The number of hydrogen-bond donors (Lipinski definition) is 1. The van der Waals surface area contributed by atoms with Crippen LogP contribution >= 0.6 is 0 Å². The summed E-state index contributed by atoms with van der Waals surface area (Å²) in [6.45, 7) is 3.03. The number of rotatable bonds is 3. The van der Waals surface area contributed by atoms with E-state index in [4.69, 9.17) is 5.11 Å². The molecule has 1 N–H and O–H groups in total. The molecule has 2 nitrogen and oxygen atoms in total. The van der Waals surface area contributed by atoms with Gasteiger partial charge in [0.05, 0.1) is 6.61 Å². The lowest BCUT2D eigenvalue weighted by atomic mass is 10.3. The molecular formula is C10H15NO. The molecular weight excluding hydrogens is 150 g/mol. The van der Waals surface area contributed by atoms with Crippen LogP contribution in [0.1, 0.15) is 13.3 Å². The molecule has 0 aromatic heterocycles. The van der Waals surface area contributed by atoms with Gasteiger partial charge in [0.25, 0.3) is 0 Å². The molecule has 0 aromatic carbocycles. The molecule has 2 heteroatoms. The van der Waals surface area contributed by atoms with Crippen molar-refractivity contribution in [3.8, 4) is 0 Å². The van der Waals surface area contributed by atoms with Gasteiger partial charge in [-0.05, 0) is 6.92 Å². The van der Waals surface area contributed by atoms with Crippen LogP contribution in [0, 0.1) is 0 Å². The summed E-state index contributed by atoms with van der Waals surface area (Å²) in [6.07, 6.45) is 11.1. The minimum atomic E-state index is 0.128. The third kappa shape index (κ3) is 2.24. The summed E-state index contributed by atoms with van der Waals surface area (Å²) < 4.78 is 0. The van der Waals surface area contributed by atoms with Crippen molar-refractivity contribution in [1.82, 2.24) is 4.90 Å². The molecule has 1 rings (SSSR count). The second kappa shape index (κ2) is 4.78. The standard InChI is InChI=1S/C10H15NO/c1-2-10-6-5-8-11(10)7-3-4-9-12/h2-5,8,12H,6-7,9H2,1H3/b4-3-,10-2+. The zero-order chi connectivity index (χ0) is 8.81. The molecule has 12 heavy (non-hydrogen) atoms. The Balaban J connectivity index is 2.41. The summed E-state index contributed by atoms with van der Waals surface area (Å²) >= 11 is 0. The van der Waals surface area contributed by atoms with Gasteiger partial charge in [-0.25, -0.2) is 0 Å². The molecule has 0 fully saturated rings. The van der Waals surface area contributed by atoms with Gasteiger partial charge >= 0.3 is 0 Å². The van der Waals surface area contributed by atoms with Gasteiger partial charge in [-0.1, -0.05) is 24.3 Å². The SMILES string of the molecule is C/C=C1\CC=CN1C/C=C\CO. The molecule has 0 radical (unpaired) electrons. The fraction of sp³-hybridized carbons (Fsp3) is 0.400. The average molecular weight is 165 g/mol. The van der Waals surface area contributed by atoms with Crippen molar-refractivity contribution < 1.29 is 5.11 Å². The van der Waals surface area contributed by atoms with Crippen LogP contribution in [0.4, 0.5) is 0 Å². The fourth-order valence-electron chi connectivity index (χ4n) is 1.24. The van der Waals surface area contributed by atoms with E-state index in [1.807, 2.05) is 13.0 Å². The molecule has 0 bridgehead atoms. The van der Waals surface area contributed by atoms with Crippen LogP contribution in [-0.4, -0.2) is 23.2 Å². The number of aliphatic hydroxyl groups is 1. The topological polar surface area (TPSA) is 23.5 Å². The second-order valence-electron chi connectivity index (χ2n) is 2.68. The largest absolute Gasteiger partial charge is 0.392 e. The Morgan fingerprint density at radius 1 is 1.58 bits per heavy atom. The lowest BCUT2D eigenvalue weighted by Crippen LogP contribution is -2.12. The van der Waals surface area contributed by atoms with Gasteiger partial charge in [-0.2, -0.15) is 0 Å². The molecule has 0 aromatic rings. The van der Waals surface area contributed by atoms with Gasteiger partial charge in [0, 0.05) is 24.9 Å². The van der Waals surface area contributed by atoms with Crippen molar-refractivity contribution in [1.29, 1.82) is 0 Å². The van der Waals surface area contributed by atoms with Crippen molar-refractivity contribution in [2.45, 2.75) is 13.3 Å². The molecule has 1 aliphatic rings. The summed E-state index contributed by atoms with van der Waals surface area (Å²) in [6, 6.07) is 0. The predicted molar refractivity (Wildman–Crippen MR) is 50.4 cm³/mol. The summed E-state index contributed by atoms with van der Waals surface area (Å²) in [5.74, 6) is 0. The highest BCUT2D eigenvalue weighted by Gasteiger charge is 2.07. The van der Waals surface area contributed by atoms with Crippen molar-refractivity contribution >= 4 is 0 Å². The highest BCUT2D eigenvalue weighted by Crippen LogP contribution is 2.17. The lowest BCUT2D eigenvalue weighted by Gasteiger charge is -2.15. The van der Waals surface area contributed by atoms with E-state index in [1.54, 1.807) is 6.08 Å². The molecule has 0 atom stereocenters. The number of aliphatic hydroxyl groups excluding tert-OH is 1. The van der Waals surface area contributed by atoms with E-state index in [1.165, 1.54) is 5.70 Å². The first-order valence-corrected chi connectivity index (χ1v) is 4.23. The quantitative estimate of drug-likeness (QED) is 0.643. The monoisotopic (exact) mass is 165 g/mol. The number of nitrogens with zero attached hydrogens (tertiary/aromatic N) is 1. The van der Waals surface area contributed by atoms with Crippen molar-refractivity contribution in [2.75, 3.05) is 13.2 Å². The Morgan fingerprint density at radius 3 is 3.08 bits per heavy atom. The zero-order valence-corrected chi connectivity index (χ0v) is 7.40. The van der Waals surface area contributed by atoms with Crippen LogP contribution in [0.2, 0.25) is 0 Å². The molecule has 0 amide bonds. The molecule has 1 heterocycles. The first-order valence-electron chi connectivity index (χ1n) is 4.23. The number of hydrogen-bond acceptors (Lipinski definition) is 2. The van der Waals surface area contributed by atoms with Gasteiger partial charge in [-0.3, -0.25) is 0 Å². The molecule has 0 saturated heterocycles. The maximum absolute atomic E-state index is 8.53. The van der Waals surface area contributed by atoms with E-state index in [0.717, 1.165) is 13.0 Å². The van der Waals surface area contributed by atoms with E-state index < -0.39 is 0 Å². The van der Waals surface area contributed by atoms with Crippen LogP contribution in [0.5, 0.6) is 0 Å². The van der Waals surface area contributed by atoms with Crippen LogP contribution in [0.15, 0.2) is 36.2 Å². The minimum absolute atomic E-state index is 0.128. The van der Waals surface area contributed by atoms with Crippen LogP contribution in [0.25, 0.3) is 0 Å².